The number of nitrogens with zero attached hydrogens (tertiary/aromatic N) is 4. The van der Waals surface area contributed by atoms with Crippen LogP contribution in [0.4, 0.5) is 10.5 Å². The summed E-state index contributed by atoms with van der Waals surface area (Å²) in [6, 6.07) is 11.0. The number of likely N-dealkylation sites (tertiary alicyclic amines) is 1. The van der Waals surface area contributed by atoms with Gasteiger partial charge in [-0.15, -0.1) is 0 Å². The number of amides is 2. The predicted molar refractivity (Wildman–Crippen MR) is 151 cm³/mol. The third-order valence-electron chi connectivity index (χ3n) is 7.02. The first-order chi connectivity index (χ1) is 18.1. The average Bonchev–Trinajstić information content (AvgIpc) is 3.30. The van der Waals surface area contributed by atoms with Gasteiger partial charge in [-0.05, 0) is 76.4 Å². The Labute approximate surface area is 232 Å². The van der Waals surface area contributed by atoms with Gasteiger partial charge in [-0.1, -0.05) is 23.2 Å². The lowest BCUT2D eigenvalue weighted by Crippen LogP contribution is -2.57. The maximum absolute atomic E-state index is 13.5. The first-order valence-electron chi connectivity index (χ1n) is 13.1. The molecule has 38 heavy (non-hydrogen) atoms. The number of hydrogen-bond acceptors (Lipinski definition) is 5. The van der Waals surface area contributed by atoms with Gasteiger partial charge in [-0.3, -0.25) is 9.69 Å². The molecule has 1 aromatic heterocycles. The standard InChI is InChI=1S/C28H33Cl2N5O3/c1-28(2,3)38-27(37)35-11-5-4-6-24(35)26(36)34-14-12-33(13-15-34)19-8-9-21(30)20(17-19)25-31-22-10-7-18(29)16-23(22)32-25/h7-10,16-17,24H,4-6,11-15H2,1-3H3,(H,31,32)/t24-/m0/s1. The topological polar surface area (TPSA) is 81.8 Å². The number of benzene rings is 2. The van der Waals surface area contributed by atoms with Crippen molar-refractivity contribution in [2.45, 2.75) is 51.7 Å². The van der Waals surface area contributed by atoms with E-state index in [0.717, 1.165) is 35.1 Å². The molecule has 2 aliphatic rings. The van der Waals surface area contributed by atoms with E-state index in [4.69, 9.17) is 27.9 Å². The first-order valence-corrected chi connectivity index (χ1v) is 13.8. The van der Waals surface area contributed by atoms with Crippen molar-refractivity contribution in [3.8, 4) is 11.4 Å². The number of nitrogens with one attached hydrogen (secondary N) is 1. The first kappa shape index (κ1) is 26.6. The SMILES string of the molecule is CC(C)(C)OC(=O)N1CCCC[C@H]1C(=O)N1CCN(c2ccc(Cl)c(-c3nc4ccc(Cl)cc4[nH]3)c2)CC1. The van der Waals surface area contributed by atoms with Gasteiger partial charge in [-0.2, -0.15) is 0 Å². The second kappa shape index (κ2) is 10.7. The van der Waals surface area contributed by atoms with Crippen LogP contribution in [-0.2, 0) is 9.53 Å². The van der Waals surface area contributed by atoms with Gasteiger partial charge in [-0.25, -0.2) is 9.78 Å². The van der Waals surface area contributed by atoms with Gasteiger partial charge < -0.3 is 19.5 Å². The fraction of sp³-hybridized carbons (Fsp3) is 0.464. The molecule has 8 nitrogen and oxygen atoms in total. The molecule has 1 atom stereocenters. The van der Waals surface area contributed by atoms with E-state index in [9.17, 15) is 9.59 Å². The summed E-state index contributed by atoms with van der Waals surface area (Å²) in [7, 11) is 0. The van der Waals surface area contributed by atoms with Gasteiger partial charge in [0.25, 0.3) is 0 Å². The number of ether oxygens (including phenoxy) is 1. The Bertz CT molecular complexity index is 1340. The van der Waals surface area contributed by atoms with Gasteiger partial charge in [0.05, 0.1) is 16.1 Å². The quantitative estimate of drug-likeness (QED) is 0.428. The van der Waals surface area contributed by atoms with E-state index >= 15 is 0 Å². The lowest BCUT2D eigenvalue weighted by molar-refractivity contribution is -0.138. The largest absolute Gasteiger partial charge is 0.444 e. The maximum atomic E-state index is 13.5. The number of imidazole rings is 1. The summed E-state index contributed by atoms with van der Waals surface area (Å²) in [4.78, 5) is 40.0. The fourth-order valence-electron chi connectivity index (χ4n) is 5.12. The van der Waals surface area contributed by atoms with Crippen molar-refractivity contribution in [1.82, 2.24) is 19.8 Å². The third kappa shape index (κ3) is 5.71. The van der Waals surface area contributed by atoms with Crippen molar-refractivity contribution in [2.75, 3.05) is 37.6 Å². The molecule has 10 heteroatoms. The van der Waals surface area contributed by atoms with E-state index in [0.29, 0.717) is 55.0 Å². The van der Waals surface area contributed by atoms with E-state index in [1.54, 1.807) is 4.90 Å². The summed E-state index contributed by atoms with van der Waals surface area (Å²) < 4.78 is 5.59. The summed E-state index contributed by atoms with van der Waals surface area (Å²) in [5.41, 5.74) is 2.90. The molecule has 0 bridgehead atoms. The highest BCUT2D eigenvalue weighted by Crippen LogP contribution is 2.33. The monoisotopic (exact) mass is 557 g/mol. The van der Waals surface area contributed by atoms with Crippen LogP contribution >= 0.6 is 23.2 Å². The minimum absolute atomic E-state index is 0.00735. The zero-order valence-electron chi connectivity index (χ0n) is 22.0. The second-order valence-electron chi connectivity index (χ2n) is 10.9. The van der Waals surface area contributed by atoms with Crippen LogP contribution in [0.1, 0.15) is 40.0 Å². The number of aromatic nitrogens is 2. The number of carbonyl (C=O) groups excluding carboxylic acids is 2. The van der Waals surface area contributed by atoms with Crippen LogP contribution in [0.5, 0.6) is 0 Å². The minimum atomic E-state index is -0.597. The molecule has 1 N–H and O–H groups in total. The van der Waals surface area contributed by atoms with Gasteiger partial charge in [0.1, 0.15) is 17.5 Å². The summed E-state index contributed by atoms with van der Waals surface area (Å²) in [5, 5.41) is 1.25. The number of hydrogen-bond donors (Lipinski definition) is 1. The van der Waals surface area contributed by atoms with E-state index < -0.39 is 17.7 Å². The Morgan fingerprint density at radius 1 is 1.00 bits per heavy atom. The molecule has 2 aliphatic heterocycles. The van der Waals surface area contributed by atoms with Crippen LogP contribution in [0, 0.1) is 0 Å². The maximum Gasteiger partial charge on any atom is 0.410 e. The highest BCUT2D eigenvalue weighted by molar-refractivity contribution is 6.33. The summed E-state index contributed by atoms with van der Waals surface area (Å²) in [6.45, 7) is 8.61. The lowest BCUT2D eigenvalue weighted by atomic mass is 10.0. The molecule has 202 valence electrons. The normalized spacial score (nSPS) is 18.7. The molecule has 2 aromatic carbocycles. The summed E-state index contributed by atoms with van der Waals surface area (Å²) in [5.74, 6) is 0.690. The van der Waals surface area contributed by atoms with Crippen LogP contribution < -0.4 is 4.90 Å². The van der Waals surface area contributed by atoms with Crippen molar-refractivity contribution < 1.29 is 14.3 Å². The average molecular weight is 559 g/mol. The number of fused-ring (bicyclic) bond motifs is 1. The van der Waals surface area contributed by atoms with Gasteiger partial charge in [0, 0.05) is 49.0 Å². The number of piperidine rings is 1. The Hall–Kier alpha value is -2.97. The second-order valence-corrected chi connectivity index (χ2v) is 11.8. The third-order valence-corrected chi connectivity index (χ3v) is 7.59. The molecule has 0 aliphatic carbocycles. The lowest BCUT2D eigenvalue weighted by Gasteiger charge is -2.41. The highest BCUT2D eigenvalue weighted by atomic mass is 35.5. The zero-order valence-corrected chi connectivity index (χ0v) is 23.5. The van der Waals surface area contributed by atoms with E-state index in [1.807, 2.05) is 62.1 Å². The molecule has 0 saturated carbocycles. The van der Waals surface area contributed by atoms with Crippen LogP contribution in [-0.4, -0.2) is 76.1 Å². The number of anilines is 1. The molecule has 5 rings (SSSR count). The van der Waals surface area contributed by atoms with Crippen molar-refractivity contribution in [1.29, 1.82) is 0 Å². The van der Waals surface area contributed by atoms with Crippen molar-refractivity contribution in [2.24, 2.45) is 0 Å². The van der Waals surface area contributed by atoms with Crippen molar-refractivity contribution in [3.05, 3.63) is 46.4 Å². The molecular weight excluding hydrogens is 525 g/mol. The van der Waals surface area contributed by atoms with Gasteiger partial charge in [0.15, 0.2) is 0 Å². The number of carbonyl (C=O) groups is 2. The van der Waals surface area contributed by atoms with Crippen LogP contribution in [0.3, 0.4) is 0 Å². The minimum Gasteiger partial charge on any atom is -0.444 e. The Morgan fingerprint density at radius 2 is 1.76 bits per heavy atom. The van der Waals surface area contributed by atoms with E-state index in [-0.39, 0.29) is 5.91 Å². The molecule has 2 saturated heterocycles. The van der Waals surface area contributed by atoms with Crippen molar-refractivity contribution >= 4 is 51.9 Å². The zero-order chi connectivity index (χ0) is 27.0. The molecule has 3 aromatic rings. The van der Waals surface area contributed by atoms with Crippen LogP contribution in [0.15, 0.2) is 36.4 Å². The van der Waals surface area contributed by atoms with Crippen LogP contribution in [0.25, 0.3) is 22.4 Å². The van der Waals surface area contributed by atoms with E-state index in [2.05, 4.69) is 14.9 Å². The summed E-state index contributed by atoms with van der Waals surface area (Å²) >= 11 is 12.7. The molecule has 0 unspecified atom stereocenters. The Balaban J connectivity index is 1.27. The molecule has 0 radical (unpaired) electrons. The van der Waals surface area contributed by atoms with Gasteiger partial charge >= 0.3 is 6.09 Å². The number of piperazine rings is 1. The molecule has 2 amide bonds. The number of H-pyrrole nitrogens is 1. The Morgan fingerprint density at radius 3 is 2.50 bits per heavy atom. The number of rotatable bonds is 3. The molecule has 3 heterocycles. The van der Waals surface area contributed by atoms with Crippen LogP contribution in [0.2, 0.25) is 10.0 Å². The molecule has 0 spiro atoms. The molecule has 2 fully saturated rings. The fourth-order valence-corrected chi connectivity index (χ4v) is 5.50. The smallest absolute Gasteiger partial charge is 0.410 e. The highest BCUT2D eigenvalue weighted by Gasteiger charge is 2.37. The predicted octanol–water partition coefficient (Wildman–Crippen LogP) is 5.97. The molecular formula is C28H33Cl2N5O3. The van der Waals surface area contributed by atoms with Gasteiger partial charge in [0.2, 0.25) is 5.91 Å². The number of halogens is 2. The number of aromatic amines is 1. The summed E-state index contributed by atoms with van der Waals surface area (Å²) in [6.07, 6.45) is 2.07. The van der Waals surface area contributed by atoms with E-state index in [1.165, 1.54) is 0 Å². The Kier molecular flexibility index (Phi) is 7.47. The van der Waals surface area contributed by atoms with Crippen molar-refractivity contribution in [3.63, 3.8) is 0 Å².